The number of aromatic nitrogens is 2. The molecule has 1 N–H and O–H groups in total. The third kappa shape index (κ3) is 2.60. The number of nitrogens with zero attached hydrogens (tertiary/aromatic N) is 4. The second kappa shape index (κ2) is 5.54. The Bertz CT molecular complexity index is 727. The molecule has 0 unspecified atom stereocenters. The van der Waals surface area contributed by atoms with Gasteiger partial charge >= 0.3 is 5.82 Å². The number of H-pyrrole nitrogens is 1. The number of carbonyl (C=O) groups is 1. The molecule has 0 bridgehead atoms. The summed E-state index contributed by atoms with van der Waals surface area (Å²) in [5.74, 6) is 0.260. The highest BCUT2D eigenvalue weighted by atomic mass is 35.5. The predicted molar refractivity (Wildman–Crippen MR) is 78.9 cm³/mol. The van der Waals surface area contributed by atoms with Crippen molar-refractivity contribution in [3.63, 3.8) is 0 Å². The summed E-state index contributed by atoms with van der Waals surface area (Å²) in [7, 11) is 0. The first-order valence-electron chi connectivity index (χ1n) is 6.69. The van der Waals surface area contributed by atoms with E-state index in [9.17, 15) is 4.79 Å². The summed E-state index contributed by atoms with van der Waals surface area (Å²) in [5.41, 5.74) is 0.933. The molecule has 3 rings (SSSR count). The minimum atomic E-state index is -0.193. The molecule has 0 atom stereocenters. The lowest BCUT2D eigenvalue weighted by atomic mass is 10.2. The number of amides is 1. The van der Waals surface area contributed by atoms with Gasteiger partial charge in [0.2, 0.25) is 5.69 Å². The number of likely N-dealkylation sites (tertiary alicyclic amines) is 1. The van der Waals surface area contributed by atoms with Crippen LogP contribution in [-0.2, 0) is 0 Å². The van der Waals surface area contributed by atoms with Crippen molar-refractivity contribution in [3.8, 4) is 11.4 Å². The van der Waals surface area contributed by atoms with Gasteiger partial charge in [0.05, 0.1) is 5.39 Å². The van der Waals surface area contributed by atoms with Gasteiger partial charge in [-0.05, 0) is 36.0 Å². The fraction of sp³-hybridized carbons (Fsp3) is 0.286. The number of hydrogen-bond acceptors (Lipinski definition) is 3. The molecule has 7 heteroatoms. The second-order valence-electron chi connectivity index (χ2n) is 4.89. The average molecular weight is 303 g/mol. The Morgan fingerprint density at radius 2 is 2.14 bits per heavy atom. The van der Waals surface area contributed by atoms with Gasteiger partial charge in [-0.3, -0.25) is 4.79 Å². The summed E-state index contributed by atoms with van der Waals surface area (Å²) in [6, 6.07) is 7.08. The van der Waals surface area contributed by atoms with E-state index in [4.69, 9.17) is 17.0 Å². The van der Waals surface area contributed by atoms with Crippen LogP contribution in [0.25, 0.3) is 16.4 Å². The number of benzene rings is 1. The van der Waals surface area contributed by atoms with Crippen molar-refractivity contribution in [2.24, 2.45) is 0 Å². The van der Waals surface area contributed by atoms with Crippen LogP contribution in [0.2, 0.25) is 5.02 Å². The second-order valence-corrected chi connectivity index (χ2v) is 5.33. The number of diazo groups is 1. The lowest BCUT2D eigenvalue weighted by molar-refractivity contribution is 0.0789. The number of carbonyl (C=O) groups excluding carboxylic acids is 1. The minimum absolute atomic E-state index is 0.00174. The van der Waals surface area contributed by atoms with Crippen LogP contribution in [0.1, 0.15) is 23.3 Å². The Morgan fingerprint density at radius 3 is 2.81 bits per heavy atom. The van der Waals surface area contributed by atoms with Crippen LogP contribution in [0.15, 0.2) is 24.3 Å². The van der Waals surface area contributed by atoms with Crippen LogP contribution in [0, 0.1) is 5.39 Å². The number of imidazole rings is 1. The molecule has 1 fully saturated rings. The maximum absolute atomic E-state index is 12.4. The lowest BCUT2D eigenvalue weighted by Gasteiger charge is -2.12. The molecule has 1 aliphatic rings. The van der Waals surface area contributed by atoms with Crippen LogP contribution >= 0.6 is 11.6 Å². The molecule has 1 amide bonds. The van der Waals surface area contributed by atoms with Gasteiger partial charge in [0.25, 0.3) is 11.7 Å². The van der Waals surface area contributed by atoms with Gasteiger partial charge in [0, 0.05) is 28.7 Å². The molecular weight excluding hydrogens is 290 g/mol. The molecule has 1 aromatic heterocycles. The van der Waals surface area contributed by atoms with Gasteiger partial charge in [-0.2, -0.15) is 0 Å². The van der Waals surface area contributed by atoms with E-state index < -0.39 is 0 Å². The average Bonchev–Trinajstić information content (AvgIpc) is 3.16. The predicted octanol–water partition coefficient (Wildman–Crippen LogP) is 3.45. The monoisotopic (exact) mass is 302 g/mol. The molecule has 21 heavy (non-hydrogen) atoms. The molecule has 0 radical (unpaired) electrons. The Morgan fingerprint density at radius 1 is 1.38 bits per heavy atom. The van der Waals surface area contributed by atoms with Crippen LogP contribution in [-0.4, -0.2) is 33.9 Å². The molecule has 0 aliphatic carbocycles. The topological polar surface area (TPSA) is 77.1 Å². The smallest absolute Gasteiger partial charge is 0.337 e. The van der Waals surface area contributed by atoms with Gasteiger partial charge in [-0.25, -0.2) is 0 Å². The highest BCUT2D eigenvalue weighted by molar-refractivity contribution is 6.30. The quantitative estimate of drug-likeness (QED) is 0.863. The van der Waals surface area contributed by atoms with E-state index >= 15 is 0 Å². The number of nitrogens with one attached hydrogen (secondary N) is 1. The summed E-state index contributed by atoms with van der Waals surface area (Å²) in [5, 5.41) is 9.64. The summed E-state index contributed by atoms with van der Waals surface area (Å²) in [6.45, 7) is 1.43. The third-order valence-corrected chi connectivity index (χ3v) is 3.72. The van der Waals surface area contributed by atoms with Crippen LogP contribution < -0.4 is 0 Å². The Labute approximate surface area is 126 Å². The maximum atomic E-state index is 12.4. The van der Waals surface area contributed by atoms with Crippen molar-refractivity contribution in [2.75, 3.05) is 13.1 Å². The summed E-state index contributed by atoms with van der Waals surface area (Å²) in [6.07, 6.45) is 1.99. The van der Waals surface area contributed by atoms with E-state index in [1.807, 2.05) is 6.07 Å². The highest BCUT2D eigenvalue weighted by Crippen LogP contribution is 2.26. The molecule has 6 nitrogen and oxygen atoms in total. The van der Waals surface area contributed by atoms with Crippen LogP contribution in [0.3, 0.4) is 0 Å². The largest absolute Gasteiger partial charge is 0.496 e. The molecule has 0 spiro atoms. The van der Waals surface area contributed by atoms with Crippen LogP contribution in [0.4, 0.5) is 5.82 Å². The number of aromatic amines is 1. The number of hydrogen-bond donors (Lipinski definition) is 1. The van der Waals surface area contributed by atoms with E-state index in [1.165, 1.54) is 0 Å². The Hall–Kier alpha value is -2.39. The Kier molecular flexibility index (Phi) is 3.59. The molecule has 0 saturated carbocycles. The summed E-state index contributed by atoms with van der Waals surface area (Å²) in [4.78, 5) is 24.3. The number of halogens is 1. The maximum Gasteiger partial charge on any atom is 0.496 e. The minimum Gasteiger partial charge on any atom is -0.337 e. The fourth-order valence-electron chi connectivity index (χ4n) is 2.44. The SMILES string of the molecule is N#[N+]c1nc(-c2cccc(Cl)c2)[nH]c1C(=O)N1CCCC1. The Balaban J connectivity index is 1.98. The van der Waals surface area contributed by atoms with Crippen molar-refractivity contribution in [3.05, 3.63) is 40.0 Å². The first-order valence-corrected chi connectivity index (χ1v) is 7.07. The zero-order valence-corrected chi connectivity index (χ0v) is 12.0. The zero-order valence-electron chi connectivity index (χ0n) is 11.2. The zero-order chi connectivity index (χ0) is 14.8. The summed E-state index contributed by atoms with van der Waals surface area (Å²) >= 11 is 5.95. The van der Waals surface area contributed by atoms with Gasteiger partial charge in [0.1, 0.15) is 0 Å². The molecule has 1 aliphatic heterocycles. The van der Waals surface area contributed by atoms with E-state index in [2.05, 4.69) is 14.9 Å². The number of rotatable bonds is 2. The highest BCUT2D eigenvalue weighted by Gasteiger charge is 2.32. The third-order valence-electron chi connectivity index (χ3n) is 3.48. The van der Waals surface area contributed by atoms with Gasteiger partial charge in [-0.15, -0.1) is 0 Å². The van der Waals surface area contributed by atoms with Crippen molar-refractivity contribution in [1.82, 2.24) is 14.9 Å². The normalized spacial score (nSPS) is 14.2. The van der Waals surface area contributed by atoms with Crippen molar-refractivity contribution in [2.45, 2.75) is 12.8 Å². The van der Waals surface area contributed by atoms with E-state index in [1.54, 1.807) is 23.1 Å². The van der Waals surface area contributed by atoms with Crippen molar-refractivity contribution < 1.29 is 4.79 Å². The van der Waals surface area contributed by atoms with E-state index in [0.717, 1.165) is 31.5 Å². The molecule has 106 valence electrons. The molecule has 2 heterocycles. The van der Waals surface area contributed by atoms with Crippen LogP contribution in [0.5, 0.6) is 0 Å². The molecule has 2 aromatic rings. The molecule has 1 saturated heterocycles. The first-order chi connectivity index (χ1) is 10.2. The standard InChI is InChI=1S/C14H12ClN5O/c15-10-5-3-4-9(8-10)12-17-11(13(18-12)19-16)14(21)20-6-1-2-7-20/h3-5,8H,1-2,6-7H2/p+1. The molecular formula is C14H13ClN5O+. The van der Waals surface area contributed by atoms with E-state index in [-0.39, 0.29) is 17.4 Å². The van der Waals surface area contributed by atoms with Crippen molar-refractivity contribution >= 4 is 23.3 Å². The molecule has 1 aromatic carbocycles. The van der Waals surface area contributed by atoms with Gasteiger partial charge in [-0.1, -0.05) is 17.7 Å². The lowest BCUT2D eigenvalue weighted by Crippen LogP contribution is -2.27. The van der Waals surface area contributed by atoms with Crippen molar-refractivity contribution in [1.29, 1.82) is 5.39 Å². The first kappa shape index (κ1) is 13.6. The van der Waals surface area contributed by atoms with Gasteiger partial charge < -0.3 is 9.88 Å². The van der Waals surface area contributed by atoms with E-state index in [0.29, 0.717) is 10.8 Å². The fourth-order valence-corrected chi connectivity index (χ4v) is 2.63. The van der Waals surface area contributed by atoms with Gasteiger partial charge in [0.15, 0.2) is 0 Å². The summed E-state index contributed by atoms with van der Waals surface area (Å²) < 4.78 is 0.